The number of aliphatic carboxylic acids is 1. The molecule has 1 saturated heterocycles. The van der Waals surface area contributed by atoms with Crippen molar-refractivity contribution in [3.05, 3.63) is 0 Å². The monoisotopic (exact) mass is 299 g/mol. The summed E-state index contributed by atoms with van der Waals surface area (Å²) >= 11 is 0. The van der Waals surface area contributed by atoms with Crippen LogP contribution in [0.2, 0.25) is 0 Å². The molecule has 0 bridgehead atoms. The van der Waals surface area contributed by atoms with E-state index in [9.17, 15) is 9.59 Å². The number of carbonyl (C=O) groups excluding carboxylic acids is 1. The zero-order valence-corrected chi connectivity index (χ0v) is 12.5. The number of morpholine rings is 1. The van der Waals surface area contributed by atoms with E-state index in [4.69, 9.17) is 9.84 Å². The first-order valence-electron chi connectivity index (χ1n) is 7.66. The lowest BCUT2D eigenvalue weighted by molar-refractivity contribution is -0.142. The third kappa shape index (κ3) is 4.86. The molecule has 3 atom stereocenters. The summed E-state index contributed by atoms with van der Waals surface area (Å²) < 4.78 is 5.29. The molecular weight excluding hydrogens is 274 g/mol. The van der Waals surface area contributed by atoms with Crippen LogP contribution in [-0.2, 0) is 9.53 Å². The van der Waals surface area contributed by atoms with Gasteiger partial charge in [0.25, 0.3) is 0 Å². The molecule has 7 nitrogen and oxygen atoms in total. The normalized spacial score (nSPS) is 28.0. The Morgan fingerprint density at radius 2 is 2.05 bits per heavy atom. The van der Waals surface area contributed by atoms with Gasteiger partial charge in [-0.05, 0) is 19.8 Å². The Morgan fingerprint density at radius 3 is 2.71 bits per heavy atom. The number of rotatable bonds is 5. The van der Waals surface area contributed by atoms with E-state index in [-0.39, 0.29) is 18.1 Å². The molecule has 3 N–H and O–H groups in total. The number of carboxylic acids is 1. The van der Waals surface area contributed by atoms with Crippen LogP contribution in [0.5, 0.6) is 0 Å². The van der Waals surface area contributed by atoms with Crippen molar-refractivity contribution in [1.29, 1.82) is 0 Å². The molecule has 1 saturated carbocycles. The summed E-state index contributed by atoms with van der Waals surface area (Å²) in [4.78, 5) is 25.3. The molecule has 2 aliphatic rings. The van der Waals surface area contributed by atoms with Crippen LogP contribution < -0.4 is 10.6 Å². The van der Waals surface area contributed by atoms with Gasteiger partial charge in [0.1, 0.15) is 0 Å². The van der Waals surface area contributed by atoms with Crippen molar-refractivity contribution in [2.75, 3.05) is 32.8 Å². The van der Waals surface area contributed by atoms with Gasteiger partial charge in [0.05, 0.1) is 19.1 Å². The Hall–Kier alpha value is -1.34. The topological polar surface area (TPSA) is 90.9 Å². The van der Waals surface area contributed by atoms with Gasteiger partial charge in [-0.25, -0.2) is 4.79 Å². The molecule has 2 fully saturated rings. The van der Waals surface area contributed by atoms with Crippen molar-refractivity contribution >= 4 is 12.0 Å². The van der Waals surface area contributed by atoms with Crippen molar-refractivity contribution in [3.63, 3.8) is 0 Å². The van der Waals surface area contributed by atoms with E-state index >= 15 is 0 Å². The van der Waals surface area contributed by atoms with E-state index in [0.29, 0.717) is 6.42 Å². The van der Waals surface area contributed by atoms with Crippen LogP contribution in [-0.4, -0.2) is 66.9 Å². The number of ether oxygens (including phenoxy) is 1. The van der Waals surface area contributed by atoms with Crippen LogP contribution in [0.3, 0.4) is 0 Å². The summed E-state index contributed by atoms with van der Waals surface area (Å²) in [6.07, 6.45) is 2.23. The summed E-state index contributed by atoms with van der Waals surface area (Å²) in [5.41, 5.74) is 0. The second-order valence-corrected chi connectivity index (χ2v) is 5.91. The summed E-state index contributed by atoms with van der Waals surface area (Å²) in [5.74, 6) is -1.27. The minimum absolute atomic E-state index is 0.0211. The molecule has 3 unspecified atom stereocenters. The molecule has 2 rings (SSSR count). The molecule has 0 aromatic rings. The standard InChI is InChI=1S/C14H25N3O4/c1-10(9-17-5-7-21-8-6-17)15-14(20)16-12-4-2-3-11(12)13(18)19/h10-12H,2-9H2,1H3,(H,18,19)(H2,15,16,20). The van der Waals surface area contributed by atoms with Gasteiger partial charge in [-0.15, -0.1) is 0 Å². The highest BCUT2D eigenvalue weighted by atomic mass is 16.5. The van der Waals surface area contributed by atoms with Gasteiger partial charge in [0.2, 0.25) is 0 Å². The maximum atomic E-state index is 12.0. The van der Waals surface area contributed by atoms with Crippen molar-refractivity contribution < 1.29 is 19.4 Å². The van der Waals surface area contributed by atoms with Gasteiger partial charge in [0.15, 0.2) is 0 Å². The molecule has 0 aromatic heterocycles. The second kappa shape index (κ2) is 7.61. The Balaban J connectivity index is 1.71. The Morgan fingerprint density at radius 1 is 1.33 bits per heavy atom. The second-order valence-electron chi connectivity index (χ2n) is 5.91. The van der Waals surface area contributed by atoms with E-state index in [1.807, 2.05) is 6.92 Å². The predicted octanol–water partition coefficient (Wildman–Crippen LogP) is 0.260. The third-order valence-corrected chi connectivity index (χ3v) is 4.16. The number of carboxylic acid groups (broad SMARTS) is 1. The lowest BCUT2D eigenvalue weighted by Crippen LogP contribution is -2.51. The third-order valence-electron chi connectivity index (χ3n) is 4.16. The molecule has 7 heteroatoms. The number of hydrogen-bond donors (Lipinski definition) is 3. The lowest BCUT2D eigenvalue weighted by Gasteiger charge is -2.29. The zero-order valence-electron chi connectivity index (χ0n) is 12.5. The first-order chi connectivity index (χ1) is 10.1. The van der Waals surface area contributed by atoms with E-state index in [0.717, 1.165) is 45.7 Å². The van der Waals surface area contributed by atoms with Crippen molar-refractivity contribution in [2.24, 2.45) is 5.92 Å². The Bertz CT molecular complexity index is 371. The highest BCUT2D eigenvalue weighted by Crippen LogP contribution is 2.25. The van der Waals surface area contributed by atoms with Gasteiger partial charge >= 0.3 is 12.0 Å². The fourth-order valence-corrected chi connectivity index (χ4v) is 3.08. The van der Waals surface area contributed by atoms with Crippen LogP contribution in [0.1, 0.15) is 26.2 Å². The molecule has 120 valence electrons. The zero-order chi connectivity index (χ0) is 15.2. The molecule has 0 aromatic carbocycles. The highest BCUT2D eigenvalue weighted by Gasteiger charge is 2.34. The first-order valence-corrected chi connectivity index (χ1v) is 7.66. The molecular formula is C14H25N3O4. The van der Waals surface area contributed by atoms with Crippen LogP contribution in [0.15, 0.2) is 0 Å². The summed E-state index contributed by atoms with van der Waals surface area (Å²) in [7, 11) is 0. The van der Waals surface area contributed by atoms with E-state index in [1.54, 1.807) is 0 Å². The molecule has 1 aliphatic heterocycles. The Kier molecular flexibility index (Phi) is 5.81. The fourth-order valence-electron chi connectivity index (χ4n) is 3.08. The van der Waals surface area contributed by atoms with Crippen molar-refractivity contribution in [2.45, 2.75) is 38.3 Å². The number of nitrogens with zero attached hydrogens (tertiary/aromatic N) is 1. The maximum absolute atomic E-state index is 12.0. The average Bonchev–Trinajstić information content (AvgIpc) is 2.87. The Labute approximate surface area is 125 Å². The van der Waals surface area contributed by atoms with Gasteiger partial charge in [-0.1, -0.05) is 6.42 Å². The number of amides is 2. The van der Waals surface area contributed by atoms with Gasteiger partial charge in [-0.3, -0.25) is 9.69 Å². The number of urea groups is 1. The van der Waals surface area contributed by atoms with Gasteiger partial charge in [-0.2, -0.15) is 0 Å². The van der Waals surface area contributed by atoms with Crippen LogP contribution >= 0.6 is 0 Å². The predicted molar refractivity (Wildman–Crippen MR) is 77.2 cm³/mol. The summed E-state index contributed by atoms with van der Waals surface area (Å²) in [6, 6.07) is -0.500. The average molecular weight is 299 g/mol. The molecule has 1 heterocycles. The largest absolute Gasteiger partial charge is 0.481 e. The van der Waals surface area contributed by atoms with E-state index in [1.165, 1.54) is 0 Å². The lowest BCUT2D eigenvalue weighted by atomic mass is 10.0. The highest BCUT2D eigenvalue weighted by molar-refractivity contribution is 5.77. The van der Waals surface area contributed by atoms with Crippen molar-refractivity contribution in [3.8, 4) is 0 Å². The molecule has 21 heavy (non-hydrogen) atoms. The molecule has 0 spiro atoms. The molecule has 0 radical (unpaired) electrons. The quantitative estimate of drug-likeness (QED) is 0.677. The fraction of sp³-hybridized carbons (Fsp3) is 0.857. The van der Waals surface area contributed by atoms with Gasteiger partial charge < -0.3 is 20.5 Å². The molecule has 1 aliphatic carbocycles. The van der Waals surface area contributed by atoms with E-state index < -0.39 is 11.9 Å². The van der Waals surface area contributed by atoms with E-state index in [2.05, 4.69) is 15.5 Å². The van der Waals surface area contributed by atoms with Crippen LogP contribution in [0.25, 0.3) is 0 Å². The minimum atomic E-state index is -0.820. The molecule has 2 amide bonds. The first kappa shape index (κ1) is 16.0. The number of carbonyl (C=O) groups is 2. The van der Waals surface area contributed by atoms with Crippen molar-refractivity contribution in [1.82, 2.24) is 15.5 Å². The smallest absolute Gasteiger partial charge is 0.315 e. The van der Waals surface area contributed by atoms with Crippen LogP contribution in [0.4, 0.5) is 4.79 Å². The summed E-state index contributed by atoms with van der Waals surface area (Å²) in [6.45, 7) is 5.99. The summed E-state index contributed by atoms with van der Waals surface area (Å²) in [5, 5.41) is 14.8. The van der Waals surface area contributed by atoms with Gasteiger partial charge in [0, 0.05) is 31.7 Å². The maximum Gasteiger partial charge on any atom is 0.315 e. The number of nitrogens with one attached hydrogen (secondary N) is 2. The minimum Gasteiger partial charge on any atom is -0.481 e. The number of hydrogen-bond acceptors (Lipinski definition) is 4. The SMILES string of the molecule is CC(CN1CCOCC1)NC(=O)NC1CCCC1C(=O)O. The van der Waals surface area contributed by atoms with Crippen LogP contribution in [0, 0.1) is 5.92 Å².